The van der Waals surface area contributed by atoms with E-state index in [2.05, 4.69) is 49.0 Å². The number of rotatable bonds is 8. The molecule has 0 bridgehead atoms. The predicted octanol–water partition coefficient (Wildman–Crippen LogP) is 5.41. The van der Waals surface area contributed by atoms with Crippen molar-refractivity contribution >= 4 is 50.6 Å². The Morgan fingerprint density at radius 1 is 1.10 bits per heavy atom. The van der Waals surface area contributed by atoms with Gasteiger partial charge >= 0.3 is 0 Å². The molecule has 0 aromatic heterocycles. The lowest BCUT2D eigenvalue weighted by Crippen LogP contribution is -2.17. The van der Waals surface area contributed by atoms with Crippen molar-refractivity contribution in [1.29, 1.82) is 0 Å². The van der Waals surface area contributed by atoms with Crippen LogP contribution in [0.15, 0.2) is 70.2 Å². The molecular weight excluding hydrogens is 575 g/mol. The minimum absolute atomic E-state index is 0.328. The van der Waals surface area contributed by atoms with E-state index in [0.717, 1.165) is 19.2 Å². The molecule has 3 aromatic rings. The molecule has 8 heteroatoms. The summed E-state index contributed by atoms with van der Waals surface area (Å²) in [5, 5.41) is 4.05. The van der Waals surface area contributed by atoms with Gasteiger partial charge < -0.3 is 14.2 Å². The van der Waals surface area contributed by atoms with E-state index in [1.807, 2.05) is 30.3 Å². The van der Waals surface area contributed by atoms with Crippen LogP contribution < -0.4 is 19.6 Å². The summed E-state index contributed by atoms with van der Waals surface area (Å²) in [4.78, 5) is 12.3. The molecule has 0 unspecified atom stereocenters. The largest absolute Gasteiger partial charge is 0.497 e. The highest BCUT2D eigenvalue weighted by Gasteiger charge is 2.12. The summed E-state index contributed by atoms with van der Waals surface area (Å²) in [5.41, 5.74) is 4.79. The zero-order chi connectivity index (χ0) is 22.2. The average Bonchev–Trinajstić information content (AvgIpc) is 2.79. The van der Waals surface area contributed by atoms with Gasteiger partial charge in [0.15, 0.2) is 11.5 Å². The van der Waals surface area contributed by atoms with Crippen LogP contribution in [0.1, 0.15) is 21.5 Å². The number of hydrogen-bond donors (Lipinski definition) is 1. The molecular formula is C23H20BrIN2O4. The lowest BCUT2D eigenvalue weighted by atomic mass is 10.2. The summed E-state index contributed by atoms with van der Waals surface area (Å²) in [7, 11) is 3.14. The van der Waals surface area contributed by atoms with Crippen LogP contribution in [0, 0.1) is 3.57 Å². The summed E-state index contributed by atoms with van der Waals surface area (Å²) in [6.45, 7) is 0.420. The third kappa shape index (κ3) is 6.44. The number of methoxy groups -OCH3 is 2. The fraction of sp³-hybridized carbons (Fsp3) is 0.130. The lowest BCUT2D eigenvalue weighted by Gasteiger charge is -2.13. The Kier molecular flexibility index (Phi) is 8.30. The third-order valence-electron chi connectivity index (χ3n) is 4.26. The van der Waals surface area contributed by atoms with Crippen molar-refractivity contribution in [3.63, 3.8) is 0 Å². The Balaban J connectivity index is 1.68. The molecule has 1 N–H and O–H groups in total. The quantitative estimate of drug-likeness (QED) is 0.215. The molecule has 3 rings (SSSR count). The normalized spacial score (nSPS) is 10.7. The molecule has 6 nitrogen and oxygen atoms in total. The molecule has 0 aliphatic carbocycles. The zero-order valence-electron chi connectivity index (χ0n) is 16.9. The number of hydrogen-bond acceptors (Lipinski definition) is 5. The van der Waals surface area contributed by atoms with E-state index in [4.69, 9.17) is 14.2 Å². The standard InChI is InChI=1S/C23H20BrIN2O4/c1-29-19-5-3-4-17(12-19)23(28)27-26-13-16-10-20(25)22(21(11-16)30-2)31-14-15-6-8-18(24)9-7-15/h3-13H,14H2,1-2H3,(H,27,28)/b26-13-. The molecule has 1 amide bonds. The highest BCUT2D eigenvalue weighted by Crippen LogP contribution is 2.34. The number of carbonyl (C=O) groups excluding carboxylic acids is 1. The molecule has 160 valence electrons. The van der Waals surface area contributed by atoms with Gasteiger partial charge in [0.2, 0.25) is 0 Å². The second-order valence-electron chi connectivity index (χ2n) is 6.38. The van der Waals surface area contributed by atoms with Crippen LogP contribution in [0.25, 0.3) is 0 Å². The van der Waals surface area contributed by atoms with Crippen LogP contribution in [0.4, 0.5) is 0 Å². The van der Waals surface area contributed by atoms with Crippen molar-refractivity contribution in [2.45, 2.75) is 6.61 Å². The Morgan fingerprint density at radius 3 is 2.58 bits per heavy atom. The van der Waals surface area contributed by atoms with E-state index in [0.29, 0.717) is 29.4 Å². The van der Waals surface area contributed by atoms with Crippen molar-refractivity contribution < 1.29 is 19.0 Å². The van der Waals surface area contributed by atoms with Crippen LogP contribution in [0.5, 0.6) is 17.2 Å². The molecule has 0 fully saturated rings. The number of ether oxygens (including phenoxy) is 3. The summed E-state index contributed by atoms with van der Waals surface area (Å²) in [5.74, 6) is 1.52. The first-order valence-corrected chi connectivity index (χ1v) is 11.1. The van der Waals surface area contributed by atoms with Gasteiger partial charge in [-0.1, -0.05) is 34.1 Å². The maximum Gasteiger partial charge on any atom is 0.271 e. The molecule has 0 saturated carbocycles. The Labute approximate surface area is 202 Å². The van der Waals surface area contributed by atoms with E-state index in [1.54, 1.807) is 50.8 Å². The Morgan fingerprint density at radius 2 is 1.87 bits per heavy atom. The van der Waals surface area contributed by atoms with E-state index in [-0.39, 0.29) is 5.91 Å². The fourth-order valence-electron chi connectivity index (χ4n) is 2.68. The average molecular weight is 595 g/mol. The van der Waals surface area contributed by atoms with E-state index in [1.165, 1.54) is 0 Å². The first-order valence-electron chi connectivity index (χ1n) is 9.22. The number of amides is 1. The van der Waals surface area contributed by atoms with E-state index >= 15 is 0 Å². The third-order valence-corrected chi connectivity index (χ3v) is 5.59. The van der Waals surface area contributed by atoms with Gasteiger partial charge in [-0.15, -0.1) is 0 Å². The number of benzene rings is 3. The molecule has 3 aromatic carbocycles. The van der Waals surface area contributed by atoms with Crippen molar-refractivity contribution in [2.75, 3.05) is 14.2 Å². The number of hydrazone groups is 1. The fourth-order valence-corrected chi connectivity index (χ4v) is 3.73. The second-order valence-corrected chi connectivity index (χ2v) is 8.46. The first-order chi connectivity index (χ1) is 15.0. The van der Waals surface area contributed by atoms with Crippen LogP contribution in [-0.2, 0) is 6.61 Å². The maximum atomic E-state index is 12.3. The van der Waals surface area contributed by atoms with Crippen molar-refractivity contribution in [2.24, 2.45) is 5.10 Å². The highest BCUT2D eigenvalue weighted by atomic mass is 127. The van der Waals surface area contributed by atoms with E-state index < -0.39 is 0 Å². The van der Waals surface area contributed by atoms with Crippen LogP contribution in [0.3, 0.4) is 0 Å². The van der Waals surface area contributed by atoms with Gasteiger partial charge in [-0.05, 0) is 76.2 Å². The van der Waals surface area contributed by atoms with Crippen molar-refractivity contribution in [1.82, 2.24) is 5.43 Å². The molecule has 0 saturated heterocycles. The van der Waals surface area contributed by atoms with Gasteiger partial charge in [0, 0.05) is 10.0 Å². The van der Waals surface area contributed by atoms with Gasteiger partial charge in [0.25, 0.3) is 5.91 Å². The van der Waals surface area contributed by atoms with Crippen LogP contribution in [0.2, 0.25) is 0 Å². The predicted molar refractivity (Wildman–Crippen MR) is 132 cm³/mol. The smallest absolute Gasteiger partial charge is 0.271 e. The number of carbonyl (C=O) groups is 1. The molecule has 31 heavy (non-hydrogen) atoms. The van der Waals surface area contributed by atoms with Gasteiger partial charge in [0.1, 0.15) is 12.4 Å². The zero-order valence-corrected chi connectivity index (χ0v) is 20.6. The van der Waals surface area contributed by atoms with E-state index in [9.17, 15) is 4.79 Å². The summed E-state index contributed by atoms with van der Waals surface area (Å²) >= 11 is 5.62. The van der Waals surface area contributed by atoms with Gasteiger partial charge in [-0.3, -0.25) is 4.79 Å². The minimum atomic E-state index is -0.328. The minimum Gasteiger partial charge on any atom is -0.497 e. The number of nitrogens with one attached hydrogen (secondary N) is 1. The summed E-state index contributed by atoms with van der Waals surface area (Å²) < 4.78 is 18.5. The van der Waals surface area contributed by atoms with Crippen LogP contribution in [-0.4, -0.2) is 26.3 Å². The van der Waals surface area contributed by atoms with Crippen molar-refractivity contribution in [3.05, 3.63) is 85.4 Å². The molecule has 0 spiro atoms. The maximum absolute atomic E-state index is 12.3. The lowest BCUT2D eigenvalue weighted by molar-refractivity contribution is 0.0955. The monoisotopic (exact) mass is 594 g/mol. The topological polar surface area (TPSA) is 69.2 Å². The van der Waals surface area contributed by atoms with Gasteiger partial charge in [-0.2, -0.15) is 5.10 Å². The first kappa shape index (κ1) is 23.1. The molecule has 0 atom stereocenters. The number of halogens is 2. The SMILES string of the molecule is COc1cccc(C(=O)N/N=C\c2cc(I)c(OCc3ccc(Br)cc3)c(OC)c2)c1. The van der Waals surface area contributed by atoms with Crippen LogP contribution >= 0.6 is 38.5 Å². The Hall–Kier alpha value is -2.59. The van der Waals surface area contributed by atoms with Gasteiger partial charge in [-0.25, -0.2) is 5.43 Å². The van der Waals surface area contributed by atoms with Gasteiger partial charge in [0.05, 0.1) is 24.0 Å². The molecule has 0 aliphatic heterocycles. The Bertz CT molecular complexity index is 1090. The van der Waals surface area contributed by atoms with Crippen molar-refractivity contribution in [3.8, 4) is 17.2 Å². The molecule has 0 aliphatic rings. The molecule has 0 heterocycles. The molecule has 0 radical (unpaired) electrons. The summed E-state index contributed by atoms with van der Waals surface area (Å²) in [6.07, 6.45) is 1.56. The highest BCUT2D eigenvalue weighted by molar-refractivity contribution is 14.1. The number of nitrogens with zero attached hydrogens (tertiary/aromatic N) is 1. The second kappa shape index (κ2) is 11.1. The summed E-state index contributed by atoms with van der Waals surface area (Å²) in [6, 6.07) is 18.5.